The van der Waals surface area contributed by atoms with E-state index in [9.17, 15) is 14.0 Å². The van der Waals surface area contributed by atoms with Gasteiger partial charge in [-0.2, -0.15) is 0 Å². The molecule has 0 unspecified atom stereocenters. The van der Waals surface area contributed by atoms with Crippen LogP contribution in [-0.2, 0) is 4.79 Å². The number of hydrogen-bond acceptors (Lipinski definition) is 3. The number of amides is 2. The maximum atomic E-state index is 14.0. The zero-order valence-electron chi connectivity index (χ0n) is 14.9. The molecule has 0 atom stereocenters. The summed E-state index contributed by atoms with van der Waals surface area (Å²) < 4.78 is 19.1. The molecule has 2 aromatic rings. The Kier molecular flexibility index (Phi) is 5.96. The zero-order chi connectivity index (χ0) is 19.4. The lowest BCUT2D eigenvalue weighted by molar-refractivity contribution is -0.121. The van der Waals surface area contributed by atoms with E-state index < -0.39 is 11.7 Å². The molecule has 1 aliphatic heterocycles. The number of methoxy groups -OCH3 is 1. The number of piperidine rings is 1. The number of anilines is 1. The van der Waals surface area contributed by atoms with Gasteiger partial charge < -0.3 is 15.0 Å². The van der Waals surface area contributed by atoms with Gasteiger partial charge in [-0.1, -0.05) is 23.7 Å². The molecule has 1 saturated heterocycles. The fraction of sp³-hybridized carbons (Fsp3) is 0.300. The third kappa shape index (κ3) is 4.39. The molecule has 2 aromatic carbocycles. The van der Waals surface area contributed by atoms with Crippen LogP contribution < -0.4 is 10.1 Å². The molecule has 0 aliphatic carbocycles. The van der Waals surface area contributed by atoms with E-state index >= 15 is 0 Å². The lowest BCUT2D eigenvalue weighted by Crippen LogP contribution is -2.41. The van der Waals surface area contributed by atoms with Crippen molar-refractivity contribution in [3.8, 4) is 5.75 Å². The van der Waals surface area contributed by atoms with Crippen LogP contribution in [0.4, 0.5) is 10.1 Å². The van der Waals surface area contributed by atoms with Crippen molar-refractivity contribution in [2.24, 2.45) is 5.92 Å². The predicted molar refractivity (Wildman–Crippen MR) is 102 cm³/mol. The fourth-order valence-electron chi connectivity index (χ4n) is 3.15. The lowest BCUT2D eigenvalue weighted by Gasteiger charge is -2.31. The minimum Gasteiger partial charge on any atom is -0.497 e. The van der Waals surface area contributed by atoms with Gasteiger partial charge in [0.15, 0.2) is 0 Å². The van der Waals surface area contributed by atoms with Gasteiger partial charge in [0, 0.05) is 30.8 Å². The third-order valence-corrected chi connectivity index (χ3v) is 4.98. The first-order valence-electron chi connectivity index (χ1n) is 8.68. The van der Waals surface area contributed by atoms with Gasteiger partial charge in [0.25, 0.3) is 5.91 Å². The van der Waals surface area contributed by atoms with Crippen molar-refractivity contribution in [2.45, 2.75) is 12.8 Å². The van der Waals surface area contributed by atoms with Crippen LogP contribution in [0.2, 0.25) is 5.02 Å². The molecular formula is C20H20ClFN2O3. The summed E-state index contributed by atoms with van der Waals surface area (Å²) in [6.45, 7) is 0.749. The average Bonchev–Trinajstić information content (AvgIpc) is 2.68. The molecule has 0 saturated carbocycles. The van der Waals surface area contributed by atoms with Gasteiger partial charge in [0.2, 0.25) is 5.91 Å². The molecule has 142 valence electrons. The normalized spacial score (nSPS) is 14.7. The first-order chi connectivity index (χ1) is 13.0. The highest BCUT2D eigenvalue weighted by atomic mass is 35.5. The van der Waals surface area contributed by atoms with E-state index in [2.05, 4.69) is 5.32 Å². The van der Waals surface area contributed by atoms with Crippen LogP contribution in [0.15, 0.2) is 42.5 Å². The van der Waals surface area contributed by atoms with Crippen LogP contribution in [0.3, 0.4) is 0 Å². The molecule has 5 nitrogen and oxygen atoms in total. The van der Waals surface area contributed by atoms with Crippen LogP contribution in [0.1, 0.15) is 23.2 Å². The first-order valence-corrected chi connectivity index (χ1v) is 9.05. The SMILES string of the molecule is COc1cccc(NC(=O)C2CCN(C(=O)c3c(F)cccc3Cl)CC2)c1. The summed E-state index contributed by atoms with van der Waals surface area (Å²) in [5, 5.41) is 2.97. The van der Waals surface area contributed by atoms with Gasteiger partial charge in [-0.15, -0.1) is 0 Å². The molecule has 7 heteroatoms. The number of benzene rings is 2. The highest BCUT2D eigenvalue weighted by molar-refractivity contribution is 6.33. The molecule has 27 heavy (non-hydrogen) atoms. The van der Waals surface area contributed by atoms with E-state index in [1.807, 2.05) is 0 Å². The van der Waals surface area contributed by atoms with Gasteiger partial charge >= 0.3 is 0 Å². The van der Waals surface area contributed by atoms with Crippen LogP contribution >= 0.6 is 11.6 Å². The second-order valence-electron chi connectivity index (χ2n) is 6.38. The maximum Gasteiger partial charge on any atom is 0.258 e. The molecule has 2 amide bonds. The molecular weight excluding hydrogens is 371 g/mol. The van der Waals surface area contributed by atoms with E-state index in [0.717, 1.165) is 0 Å². The largest absolute Gasteiger partial charge is 0.497 e. The van der Waals surface area contributed by atoms with Crippen LogP contribution in [0, 0.1) is 11.7 Å². The number of carbonyl (C=O) groups is 2. The second kappa shape index (κ2) is 8.39. The highest BCUT2D eigenvalue weighted by Gasteiger charge is 2.29. The molecule has 1 fully saturated rings. The van der Waals surface area contributed by atoms with Gasteiger partial charge in [-0.05, 0) is 37.1 Å². The van der Waals surface area contributed by atoms with E-state index in [0.29, 0.717) is 37.4 Å². The van der Waals surface area contributed by atoms with Crippen molar-refractivity contribution in [1.82, 2.24) is 4.90 Å². The number of ether oxygens (including phenoxy) is 1. The Morgan fingerprint density at radius 2 is 1.89 bits per heavy atom. The van der Waals surface area contributed by atoms with Crippen molar-refractivity contribution in [2.75, 3.05) is 25.5 Å². The van der Waals surface area contributed by atoms with Crippen LogP contribution in [-0.4, -0.2) is 36.9 Å². The summed E-state index contributed by atoms with van der Waals surface area (Å²) in [5.74, 6) is -0.722. The van der Waals surface area contributed by atoms with Crippen LogP contribution in [0.5, 0.6) is 5.75 Å². The first kappa shape index (κ1) is 19.2. The average molecular weight is 391 g/mol. The fourth-order valence-corrected chi connectivity index (χ4v) is 3.39. The number of likely N-dealkylation sites (tertiary alicyclic amines) is 1. The summed E-state index contributed by atoms with van der Waals surface area (Å²) in [6, 6.07) is 11.3. The summed E-state index contributed by atoms with van der Waals surface area (Å²) >= 11 is 5.98. The molecule has 0 aromatic heterocycles. The van der Waals surface area contributed by atoms with Crippen molar-refractivity contribution in [1.29, 1.82) is 0 Å². The van der Waals surface area contributed by atoms with Gasteiger partial charge in [0.1, 0.15) is 11.6 Å². The van der Waals surface area contributed by atoms with Gasteiger partial charge in [-0.25, -0.2) is 4.39 Å². The number of hydrogen-bond donors (Lipinski definition) is 1. The number of halogens is 2. The minimum absolute atomic E-state index is 0.0953. The van der Waals surface area contributed by atoms with Crippen molar-refractivity contribution in [3.05, 3.63) is 58.9 Å². The van der Waals surface area contributed by atoms with Gasteiger partial charge in [-0.3, -0.25) is 9.59 Å². The quantitative estimate of drug-likeness (QED) is 0.859. The maximum absolute atomic E-state index is 14.0. The Bertz CT molecular complexity index is 831. The third-order valence-electron chi connectivity index (χ3n) is 4.67. The highest BCUT2D eigenvalue weighted by Crippen LogP contribution is 2.25. The Labute approximate surface area is 162 Å². The van der Waals surface area contributed by atoms with Crippen molar-refractivity contribution >= 4 is 29.1 Å². The molecule has 3 rings (SSSR count). The zero-order valence-corrected chi connectivity index (χ0v) is 15.6. The smallest absolute Gasteiger partial charge is 0.258 e. The van der Waals surface area contributed by atoms with E-state index in [-0.39, 0.29) is 22.4 Å². The number of rotatable bonds is 4. The summed E-state index contributed by atoms with van der Waals surface area (Å²) in [6.07, 6.45) is 1.02. The van der Waals surface area contributed by atoms with E-state index in [1.54, 1.807) is 36.3 Å². The summed E-state index contributed by atoms with van der Waals surface area (Å²) in [5.41, 5.74) is 0.550. The predicted octanol–water partition coefficient (Wildman–Crippen LogP) is 3.98. The monoisotopic (exact) mass is 390 g/mol. The number of nitrogens with zero attached hydrogens (tertiary/aromatic N) is 1. The van der Waals surface area contributed by atoms with E-state index in [4.69, 9.17) is 16.3 Å². The van der Waals surface area contributed by atoms with E-state index in [1.165, 1.54) is 18.2 Å². The Morgan fingerprint density at radius 1 is 1.19 bits per heavy atom. The molecule has 1 aliphatic rings. The van der Waals surface area contributed by atoms with Gasteiger partial charge in [0.05, 0.1) is 17.7 Å². The van der Waals surface area contributed by atoms with Crippen LogP contribution in [0.25, 0.3) is 0 Å². The number of nitrogens with one attached hydrogen (secondary N) is 1. The molecule has 1 heterocycles. The summed E-state index contributed by atoms with van der Waals surface area (Å²) in [7, 11) is 1.56. The lowest BCUT2D eigenvalue weighted by atomic mass is 9.95. The summed E-state index contributed by atoms with van der Waals surface area (Å²) in [4.78, 5) is 26.6. The minimum atomic E-state index is -0.634. The standard InChI is InChI=1S/C20H20ClFN2O3/c1-27-15-5-2-4-14(12-15)23-19(25)13-8-10-24(11-9-13)20(26)18-16(21)6-3-7-17(18)22/h2-7,12-13H,8-11H2,1H3,(H,23,25). The topological polar surface area (TPSA) is 58.6 Å². The molecule has 0 radical (unpaired) electrons. The number of carbonyl (C=O) groups excluding carboxylic acids is 2. The Hall–Kier alpha value is -2.60. The van der Waals surface area contributed by atoms with Crippen molar-refractivity contribution in [3.63, 3.8) is 0 Å². The second-order valence-corrected chi connectivity index (χ2v) is 6.79. The Balaban J connectivity index is 1.59. The molecule has 1 N–H and O–H groups in total. The molecule has 0 spiro atoms. The Morgan fingerprint density at radius 3 is 2.56 bits per heavy atom. The van der Waals surface area contributed by atoms with Crippen molar-refractivity contribution < 1.29 is 18.7 Å². The molecule has 0 bridgehead atoms.